The zero-order chi connectivity index (χ0) is 19.1. The molecule has 2 heterocycles. The van der Waals surface area contributed by atoms with Crippen LogP contribution in [0.3, 0.4) is 0 Å². The van der Waals surface area contributed by atoms with Crippen molar-refractivity contribution in [2.45, 2.75) is 13.0 Å². The smallest absolute Gasteiger partial charge is 0.272 e. The molecular weight excluding hydrogens is 385 g/mol. The second-order valence-electron chi connectivity index (χ2n) is 6.06. The molecule has 0 bridgehead atoms. The molecule has 9 heteroatoms. The van der Waals surface area contributed by atoms with Crippen LogP contribution in [0.15, 0.2) is 48.3 Å². The fourth-order valence-electron chi connectivity index (χ4n) is 2.65. The Kier molecular flexibility index (Phi) is 8.03. The molecule has 148 valence electrons. The number of rotatable bonds is 6. The second-order valence-corrected chi connectivity index (χ2v) is 6.06. The molecule has 0 aliphatic carbocycles. The van der Waals surface area contributed by atoms with E-state index in [2.05, 4.69) is 25.9 Å². The monoisotopic (exact) mass is 405 g/mol. The molecule has 2 aromatic rings. The molecule has 3 rings (SSSR count). The number of aromatic nitrogens is 2. The van der Waals surface area contributed by atoms with Gasteiger partial charge in [-0.2, -0.15) is 0 Å². The molecule has 1 aromatic carbocycles. The van der Waals surface area contributed by atoms with Gasteiger partial charge in [0, 0.05) is 32.0 Å². The predicted molar refractivity (Wildman–Crippen MR) is 105 cm³/mol. The summed E-state index contributed by atoms with van der Waals surface area (Å²) in [5, 5.41) is 8.66. The number of carbonyl (C=O) groups is 2. The number of carbonyl (C=O) groups excluding carboxylic acids is 2. The first-order valence-corrected chi connectivity index (χ1v) is 8.64. The molecule has 0 fully saturated rings. The Morgan fingerprint density at radius 1 is 1.00 bits per heavy atom. The van der Waals surface area contributed by atoms with Gasteiger partial charge in [0.15, 0.2) is 11.4 Å². The lowest BCUT2D eigenvalue weighted by Crippen LogP contribution is -2.33. The fourth-order valence-corrected chi connectivity index (χ4v) is 2.65. The number of amides is 2. The quantitative estimate of drug-likeness (QED) is 0.635. The van der Waals surface area contributed by atoms with Gasteiger partial charge in [0.25, 0.3) is 11.8 Å². The second kappa shape index (κ2) is 10.5. The fraction of sp³-hybridized carbons (Fsp3) is 0.263. The number of hydrogen-bond acceptors (Lipinski definition) is 5. The first kappa shape index (κ1) is 21.5. The summed E-state index contributed by atoms with van der Waals surface area (Å²) in [6.07, 6.45) is 5.64. The molecule has 2 amide bonds. The van der Waals surface area contributed by atoms with E-state index in [0.717, 1.165) is 30.6 Å². The van der Waals surface area contributed by atoms with Crippen LogP contribution in [0.1, 0.15) is 33.0 Å². The number of nitrogens with zero attached hydrogens (tertiary/aromatic N) is 2. The Hall–Kier alpha value is -2.84. The predicted octanol–water partition coefficient (Wildman–Crippen LogP) is 1.62. The average molecular weight is 406 g/mol. The van der Waals surface area contributed by atoms with E-state index in [4.69, 9.17) is 0 Å². The molecule has 0 saturated heterocycles. The Balaban J connectivity index is 0.00000280. The maximum atomic E-state index is 12.9. The molecule has 7 nitrogen and oxygen atoms in total. The largest absolute Gasteiger partial charge is 0.347 e. The lowest BCUT2D eigenvalue weighted by atomic mass is 10.1. The zero-order valence-electron chi connectivity index (χ0n) is 15.1. The van der Waals surface area contributed by atoms with Crippen molar-refractivity contribution in [2.75, 3.05) is 19.6 Å². The molecule has 0 spiro atoms. The molecule has 0 atom stereocenters. The van der Waals surface area contributed by atoms with Gasteiger partial charge in [-0.25, -0.2) is 14.4 Å². The Bertz CT molecular complexity index is 858. The number of nitrogens with one attached hydrogen (secondary N) is 3. The molecule has 3 N–H and O–H groups in total. The normalized spacial score (nSPS) is 13.1. The average Bonchev–Trinajstić information content (AvgIpc) is 2.72. The minimum absolute atomic E-state index is 0. The Morgan fingerprint density at radius 2 is 1.61 bits per heavy atom. The SMILES string of the molecule is Cl.O=C(NCC1=CCNCC1)c1nccnc1C(=O)NCc1ccc(F)cc1. The summed E-state index contributed by atoms with van der Waals surface area (Å²) in [5.41, 5.74) is 1.80. The summed E-state index contributed by atoms with van der Waals surface area (Å²) >= 11 is 0. The molecule has 1 aliphatic rings. The molecule has 0 radical (unpaired) electrons. The third-order valence-electron chi connectivity index (χ3n) is 4.13. The zero-order valence-corrected chi connectivity index (χ0v) is 15.9. The summed E-state index contributed by atoms with van der Waals surface area (Å²) in [6, 6.07) is 5.79. The van der Waals surface area contributed by atoms with Gasteiger partial charge in [0.2, 0.25) is 0 Å². The highest BCUT2D eigenvalue weighted by Crippen LogP contribution is 2.07. The Labute approximate surface area is 168 Å². The van der Waals surface area contributed by atoms with Gasteiger partial charge in [-0.05, 0) is 30.7 Å². The van der Waals surface area contributed by atoms with Gasteiger partial charge in [0.05, 0.1) is 0 Å². The lowest BCUT2D eigenvalue weighted by Gasteiger charge is -2.15. The van der Waals surface area contributed by atoms with E-state index in [1.807, 2.05) is 6.08 Å². The summed E-state index contributed by atoms with van der Waals surface area (Å²) in [4.78, 5) is 32.9. The first-order chi connectivity index (χ1) is 13.1. The number of hydrogen-bond donors (Lipinski definition) is 3. The van der Waals surface area contributed by atoms with Gasteiger partial charge in [-0.15, -0.1) is 12.4 Å². The van der Waals surface area contributed by atoms with E-state index in [-0.39, 0.29) is 36.2 Å². The van der Waals surface area contributed by atoms with Crippen LogP contribution in [-0.2, 0) is 6.54 Å². The van der Waals surface area contributed by atoms with Crippen LogP contribution >= 0.6 is 12.4 Å². The highest BCUT2D eigenvalue weighted by Gasteiger charge is 2.20. The molecule has 1 aliphatic heterocycles. The third-order valence-corrected chi connectivity index (χ3v) is 4.13. The first-order valence-electron chi connectivity index (χ1n) is 8.64. The van der Waals surface area contributed by atoms with Crippen molar-refractivity contribution in [2.24, 2.45) is 0 Å². The van der Waals surface area contributed by atoms with Gasteiger partial charge < -0.3 is 16.0 Å². The third kappa shape index (κ3) is 5.83. The summed E-state index contributed by atoms with van der Waals surface area (Å²) in [5.74, 6) is -1.31. The van der Waals surface area contributed by atoms with Crippen LogP contribution in [0.2, 0.25) is 0 Å². The van der Waals surface area contributed by atoms with Crippen LogP contribution in [0.5, 0.6) is 0 Å². The molecule has 0 saturated carbocycles. The van der Waals surface area contributed by atoms with Gasteiger partial charge in [-0.3, -0.25) is 9.59 Å². The van der Waals surface area contributed by atoms with Crippen molar-refractivity contribution < 1.29 is 14.0 Å². The van der Waals surface area contributed by atoms with Crippen molar-refractivity contribution >= 4 is 24.2 Å². The summed E-state index contributed by atoms with van der Waals surface area (Å²) < 4.78 is 12.9. The number of halogens is 2. The standard InChI is InChI=1S/C19H20FN5O2.ClH/c20-15-3-1-13(2-4-15)11-24-18(26)16-17(23-10-9-22-16)19(27)25-12-14-5-7-21-8-6-14;/h1-5,9-10,21H,6-8,11-12H2,(H,24,26)(H,25,27);1H. The van der Waals surface area contributed by atoms with Crippen molar-refractivity contribution in [3.8, 4) is 0 Å². The van der Waals surface area contributed by atoms with E-state index in [1.165, 1.54) is 24.5 Å². The van der Waals surface area contributed by atoms with Crippen LogP contribution in [0.4, 0.5) is 4.39 Å². The number of benzene rings is 1. The van der Waals surface area contributed by atoms with E-state index in [0.29, 0.717) is 6.54 Å². The van der Waals surface area contributed by atoms with Crippen LogP contribution < -0.4 is 16.0 Å². The molecule has 28 heavy (non-hydrogen) atoms. The topological polar surface area (TPSA) is 96.0 Å². The van der Waals surface area contributed by atoms with Crippen LogP contribution in [0.25, 0.3) is 0 Å². The lowest BCUT2D eigenvalue weighted by molar-refractivity contribution is 0.0911. The Morgan fingerprint density at radius 3 is 2.18 bits per heavy atom. The molecule has 0 unspecified atom stereocenters. The van der Waals surface area contributed by atoms with Gasteiger partial charge in [0.1, 0.15) is 5.82 Å². The van der Waals surface area contributed by atoms with Crippen molar-refractivity contribution in [3.05, 3.63) is 71.1 Å². The maximum absolute atomic E-state index is 12.9. The minimum Gasteiger partial charge on any atom is -0.347 e. The molecule has 1 aromatic heterocycles. The van der Waals surface area contributed by atoms with E-state index >= 15 is 0 Å². The minimum atomic E-state index is -0.515. The van der Waals surface area contributed by atoms with Gasteiger partial charge in [-0.1, -0.05) is 23.8 Å². The van der Waals surface area contributed by atoms with Crippen molar-refractivity contribution in [1.82, 2.24) is 25.9 Å². The highest BCUT2D eigenvalue weighted by atomic mass is 35.5. The van der Waals surface area contributed by atoms with Crippen LogP contribution in [-0.4, -0.2) is 41.4 Å². The van der Waals surface area contributed by atoms with Crippen LogP contribution in [0, 0.1) is 5.82 Å². The van der Waals surface area contributed by atoms with E-state index in [9.17, 15) is 14.0 Å². The van der Waals surface area contributed by atoms with Gasteiger partial charge >= 0.3 is 0 Å². The van der Waals surface area contributed by atoms with Crippen molar-refractivity contribution in [1.29, 1.82) is 0 Å². The highest BCUT2D eigenvalue weighted by molar-refractivity contribution is 6.04. The maximum Gasteiger partial charge on any atom is 0.272 e. The van der Waals surface area contributed by atoms with Crippen molar-refractivity contribution in [3.63, 3.8) is 0 Å². The van der Waals surface area contributed by atoms with E-state index < -0.39 is 11.8 Å². The van der Waals surface area contributed by atoms with E-state index in [1.54, 1.807) is 12.1 Å². The summed E-state index contributed by atoms with van der Waals surface area (Å²) in [6.45, 7) is 2.27. The molecular formula is C19H21ClFN5O2. The summed E-state index contributed by atoms with van der Waals surface area (Å²) in [7, 11) is 0.